The Morgan fingerprint density at radius 3 is 2.33 bits per heavy atom. The summed E-state index contributed by atoms with van der Waals surface area (Å²) in [7, 11) is 0. The minimum absolute atomic E-state index is 0.0774. The second kappa shape index (κ2) is 11.5. The average Bonchev–Trinajstić information content (AvgIpc) is 3.46. The number of benzene rings is 3. The molecule has 3 aromatic carbocycles. The molecule has 3 aromatic rings. The van der Waals surface area contributed by atoms with Crippen molar-refractivity contribution in [1.82, 2.24) is 0 Å². The van der Waals surface area contributed by atoms with E-state index in [2.05, 4.69) is 33.2 Å². The van der Waals surface area contributed by atoms with Crippen LogP contribution in [-0.4, -0.2) is 28.5 Å². The van der Waals surface area contributed by atoms with E-state index >= 15 is 0 Å². The van der Waals surface area contributed by atoms with Crippen molar-refractivity contribution in [2.45, 2.75) is 16.7 Å². The fourth-order valence-electron chi connectivity index (χ4n) is 3.90. The van der Waals surface area contributed by atoms with Crippen molar-refractivity contribution in [3.05, 3.63) is 86.0 Å². The van der Waals surface area contributed by atoms with E-state index in [9.17, 15) is 31.9 Å². The molecule has 0 saturated heterocycles. The van der Waals surface area contributed by atoms with Crippen LogP contribution in [0.2, 0.25) is 5.02 Å². The molecule has 0 bridgehead atoms. The zero-order valence-electron chi connectivity index (χ0n) is 19.2. The lowest BCUT2D eigenvalue weighted by Gasteiger charge is -2.13. The van der Waals surface area contributed by atoms with Gasteiger partial charge in [-0.15, -0.1) is 23.2 Å². The predicted octanol–water partition coefficient (Wildman–Crippen LogP) is 7.20. The van der Waals surface area contributed by atoms with Gasteiger partial charge in [0, 0.05) is 15.2 Å². The van der Waals surface area contributed by atoms with Crippen molar-refractivity contribution in [2.75, 3.05) is 16.0 Å². The molecule has 14 heteroatoms. The Labute approximate surface area is 247 Å². The van der Waals surface area contributed by atoms with Gasteiger partial charge in [-0.2, -0.15) is 8.78 Å². The van der Waals surface area contributed by atoms with Crippen molar-refractivity contribution in [3.63, 3.8) is 0 Å². The number of halogens is 8. The Morgan fingerprint density at radius 1 is 0.949 bits per heavy atom. The Morgan fingerprint density at radius 2 is 1.67 bits per heavy atom. The van der Waals surface area contributed by atoms with Crippen LogP contribution in [0.3, 0.4) is 0 Å². The van der Waals surface area contributed by atoms with Crippen molar-refractivity contribution >= 4 is 92.2 Å². The van der Waals surface area contributed by atoms with E-state index in [0.717, 1.165) is 15.2 Å². The Balaban J connectivity index is 1.51. The van der Waals surface area contributed by atoms with Crippen molar-refractivity contribution in [3.8, 4) is 0 Å². The number of hydrogen-bond donors (Lipinski definition) is 3. The summed E-state index contributed by atoms with van der Waals surface area (Å²) in [5.41, 5.74) is -1.05. The van der Waals surface area contributed by atoms with Crippen LogP contribution >= 0.6 is 57.4 Å². The molecular weight excluding hydrogens is 700 g/mol. The normalized spacial score (nSPS) is 17.5. The van der Waals surface area contributed by atoms with Gasteiger partial charge in [-0.05, 0) is 70.6 Å². The highest BCUT2D eigenvalue weighted by Crippen LogP contribution is 2.65. The van der Waals surface area contributed by atoms with Gasteiger partial charge in [0.05, 0.1) is 22.2 Å². The summed E-state index contributed by atoms with van der Waals surface area (Å²) in [6, 6.07) is 12.8. The number of amides is 3. The molecule has 3 amide bonds. The van der Waals surface area contributed by atoms with Gasteiger partial charge in [0.2, 0.25) is 5.91 Å². The number of alkyl halides is 4. The van der Waals surface area contributed by atoms with Crippen LogP contribution in [0.4, 0.5) is 34.6 Å². The summed E-state index contributed by atoms with van der Waals surface area (Å²) in [5.74, 6) is -7.50. The van der Waals surface area contributed by atoms with Gasteiger partial charge in [0.25, 0.3) is 11.8 Å². The van der Waals surface area contributed by atoms with Crippen LogP contribution in [0.5, 0.6) is 0 Å². The highest BCUT2D eigenvalue weighted by Gasteiger charge is 2.67. The van der Waals surface area contributed by atoms with E-state index in [1.54, 1.807) is 0 Å². The van der Waals surface area contributed by atoms with Gasteiger partial charge in [0.15, 0.2) is 5.82 Å². The number of anilines is 3. The SMILES string of the molecule is O=C(Nc1ccc(F)c(NC(=O)C(F)F)c1F)c1cc(NC(=O)C2C(c3cccc(I)c3)C2(Cl)Cl)ccc1Cl. The highest BCUT2D eigenvalue weighted by molar-refractivity contribution is 14.1. The van der Waals surface area contributed by atoms with Gasteiger partial charge in [0.1, 0.15) is 15.8 Å². The van der Waals surface area contributed by atoms with Crippen LogP contribution in [-0.2, 0) is 9.59 Å². The van der Waals surface area contributed by atoms with Gasteiger partial charge < -0.3 is 16.0 Å². The second-order valence-corrected chi connectivity index (χ2v) is 11.5. The van der Waals surface area contributed by atoms with Crippen molar-refractivity contribution < 1.29 is 31.9 Å². The minimum atomic E-state index is -3.52. The Bertz CT molecular complexity index is 1490. The summed E-state index contributed by atoms with van der Waals surface area (Å²) in [4.78, 5) is 37.0. The van der Waals surface area contributed by atoms with Crippen LogP contribution in [0, 0.1) is 21.1 Å². The van der Waals surface area contributed by atoms with E-state index in [0.29, 0.717) is 6.07 Å². The molecule has 0 heterocycles. The molecule has 6 nitrogen and oxygen atoms in total. The molecule has 2 atom stereocenters. The van der Waals surface area contributed by atoms with Gasteiger partial charge in [-0.3, -0.25) is 14.4 Å². The number of rotatable bonds is 7. The molecule has 1 aliphatic rings. The first-order valence-electron chi connectivity index (χ1n) is 10.9. The van der Waals surface area contributed by atoms with Crippen LogP contribution in [0.25, 0.3) is 0 Å². The van der Waals surface area contributed by atoms with Gasteiger partial charge in [-0.1, -0.05) is 23.7 Å². The first kappa shape index (κ1) is 29.4. The van der Waals surface area contributed by atoms with Crippen LogP contribution in [0.15, 0.2) is 54.6 Å². The van der Waals surface area contributed by atoms with Crippen LogP contribution < -0.4 is 16.0 Å². The van der Waals surface area contributed by atoms with Crippen molar-refractivity contribution in [2.24, 2.45) is 5.92 Å². The minimum Gasteiger partial charge on any atom is -0.326 e. The summed E-state index contributed by atoms with van der Waals surface area (Å²) >= 11 is 21.0. The van der Waals surface area contributed by atoms with Crippen molar-refractivity contribution in [1.29, 1.82) is 0 Å². The maximum absolute atomic E-state index is 14.7. The van der Waals surface area contributed by atoms with E-state index < -0.39 is 63.3 Å². The third-order valence-corrected chi connectivity index (χ3v) is 7.75. The molecule has 1 aliphatic carbocycles. The topological polar surface area (TPSA) is 87.3 Å². The number of carbonyl (C=O) groups excluding carboxylic acids is 3. The zero-order chi connectivity index (χ0) is 28.6. The molecule has 0 aliphatic heterocycles. The van der Waals surface area contributed by atoms with E-state index in [-0.39, 0.29) is 16.3 Å². The van der Waals surface area contributed by atoms with E-state index in [1.165, 1.54) is 23.5 Å². The summed E-state index contributed by atoms with van der Waals surface area (Å²) in [6.45, 7) is 0. The summed E-state index contributed by atoms with van der Waals surface area (Å²) < 4.78 is 53.3. The number of hydrogen-bond acceptors (Lipinski definition) is 3. The van der Waals surface area contributed by atoms with E-state index in [4.69, 9.17) is 34.8 Å². The summed E-state index contributed by atoms with van der Waals surface area (Å²) in [6.07, 6.45) is -3.52. The fraction of sp³-hybridized carbons (Fsp3) is 0.160. The molecule has 0 aromatic heterocycles. The average molecular weight is 715 g/mol. The number of nitrogens with one attached hydrogen (secondary N) is 3. The summed E-state index contributed by atoms with van der Waals surface area (Å²) in [5, 5.41) is 6.12. The van der Waals surface area contributed by atoms with Crippen LogP contribution in [0.1, 0.15) is 21.8 Å². The molecule has 1 saturated carbocycles. The maximum Gasteiger partial charge on any atom is 0.315 e. The molecule has 204 valence electrons. The molecule has 4 rings (SSSR count). The van der Waals surface area contributed by atoms with Gasteiger partial charge in [-0.25, -0.2) is 8.78 Å². The third-order valence-electron chi connectivity index (χ3n) is 5.81. The Hall–Kier alpha value is -2.61. The zero-order valence-corrected chi connectivity index (χ0v) is 23.6. The highest BCUT2D eigenvalue weighted by atomic mass is 127. The molecule has 0 radical (unpaired) electrons. The molecular formula is C25H15Cl3F4IN3O3. The first-order valence-corrected chi connectivity index (χ1v) is 13.1. The third kappa shape index (κ3) is 6.26. The van der Waals surface area contributed by atoms with E-state index in [1.807, 2.05) is 24.3 Å². The lowest BCUT2D eigenvalue weighted by atomic mass is 10.1. The standard InChI is InChI=1S/C25H15Cl3F4IN3O3/c26-14-5-4-12(34-23(38)18-17(25(18,27)28)10-2-1-3-11(33)8-10)9-13(14)22(37)35-16-7-6-15(29)20(19(16)30)36-24(39)21(31)32/h1-9,17-18,21H,(H,34,38)(H,35,37)(H,36,39). The predicted molar refractivity (Wildman–Crippen MR) is 149 cm³/mol. The molecule has 3 N–H and O–H groups in total. The largest absolute Gasteiger partial charge is 0.326 e. The van der Waals surface area contributed by atoms with Gasteiger partial charge >= 0.3 is 6.43 Å². The maximum atomic E-state index is 14.7. The Kier molecular flexibility index (Phi) is 8.64. The second-order valence-electron chi connectivity index (χ2n) is 8.40. The molecule has 39 heavy (non-hydrogen) atoms. The number of carbonyl (C=O) groups is 3. The quantitative estimate of drug-likeness (QED) is 0.138. The molecule has 2 unspecified atom stereocenters. The molecule has 0 spiro atoms. The monoisotopic (exact) mass is 713 g/mol. The first-order chi connectivity index (χ1) is 18.3. The lowest BCUT2D eigenvalue weighted by Crippen LogP contribution is -2.22. The lowest BCUT2D eigenvalue weighted by molar-refractivity contribution is -0.126. The fourth-order valence-corrected chi connectivity index (χ4v) is 5.49. The smallest absolute Gasteiger partial charge is 0.315 e. The molecule has 1 fully saturated rings.